The van der Waals surface area contributed by atoms with Crippen LogP contribution in [0.15, 0.2) is 30.7 Å². The summed E-state index contributed by atoms with van der Waals surface area (Å²) in [6.45, 7) is 0. The molecule has 25 heavy (non-hydrogen) atoms. The second-order valence-electron chi connectivity index (χ2n) is 5.69. The van der Waals surface area contributed by atoms with Gasteiger partial charge in [0.1, 0.15) is 0 Å². The number of ether oxygens (including phenoxy) is 1. The average Bonchev–Trinajstić information content (AvgIpc) is 3.04. The SMILES string of the molecule is COC(O)c1cc(-c2cncn2C)nc2cc(Cl)c(CCC#N)cc12. The molecule has 1 unspecified atom stereocenters. The van der Waals surface area contributed by atoms with Gasteiger partial charge in [-0.2, -0.15) is 5.26 Å². The summed E-state index contributed by atoms with van der Waals surface area (Å²) in [6, 6.07) is 7.53. The first-order valence-corrected chi connectivity index (χ1v) is 8.10. The Labute approximate surface area is 150 Å². The van der Waals surface area contributed by atoms with Crippen LogP contribution in [0.2, 0.25) is 5.02 Å². The first-order chi connectivity index (χ1) is 12.0. The number of aryl methyl sites for hydroxylation is 2. The summed E-state index contributed by atoms with van der Waals surface area (Å²) < 4.78 is 6.97. The Bertz CT molecular complexity index is 962. The number of fused-ring (bicyclic) bond motifs is 1. The summed E-state index contributed by atoms with van der Waals surface area (Å²) in [4.78, 5) is 8.77. The Morgan fingerprint density at radius 2 is 2.20 bits per heavy atom. The summed E-state index contributed by atoms with van der Waals surface area (Å²) in [5.74, 6) is 0. The minimum atomic E-state index is -1.09. The lowest BCUT2D eigenvalue weighted by atomic mass is 10.0. The highest BCUT2D eigenvalue weighted by atomic mass is 35.5. The lowest BCUT2D eigenvalue weighted by molar-refractivity contribution is -0.0759. The molecule has 3 rings (SSSR count). The molecule has 0 spiro atoms. The standard InChI is InChI=1S/C18H17ClN4O2/c1-23-10-21-9-17(23)16-7-13(18(24)25-2)12-6-11(4-3-5-20)14(19)8-15(12)22-16/h6-10,18,24H,3-4H2,1-2H3. The topological polar surface area (TPSA) is 84.0 Å². The number of nitrogens with zero attached hydrogens (tertiary/aromatic N) is 4. The number of aromatic nitrogens is 3. The number of hydrogen-bond donors (Lipinski definition) is 1. The molecule has 3 aromatic rings. The van der Waals surface area contributed by atoms with E-state index in [0.29, 0.717) is 34.6 Å². The number of rotatable bonds is 5. The lowest BCUT2D eigenvalue weighted by Crippen LogP contribution is -2.04. The average molecular weight is 357 g/mol. The van der Waals surface area contributed by atoms with Gasteiger partial charge in [0.15, 0.2) is 6.29 Å². The normalized spacial score (nSPS) is 12.3. The maximum atomic E-state index is 10.3. The van der Waals surface area contributed by atoms with E-state index in [2.05, 4.69) is 16.0 Å². The van der Waals surface area contributed by atoms with Crippen LogP contribution in [0.25, 0.3) is 22.3 Å². The van der Waals surface area contributed by atoms with E-state index in [1.165, 1.54) is 7.11 Å². The number of imidazole rings is 1. The largest absolute Gasteiger partial charge is 0.364 e. The number of methoxy groups -OCH3 is 1. The van der Waals surface area contributed by atoms with Gasteiger partial charge in [0.2, 0.25) is 0 Å². The van der Waals surface area contributed by atoms with Crippen LogP contribution < -0.4 is 0 Å². The van der Waals surface area contributed by atoms with Crippen molar-refractivity contribution in [3.63, 3.8) is 0 Å². The fourth-order valence-corrected chi connectivity index (χ4v) is 3.02. The van der Waals surface area contributed by atoms with E-state index in [0.717, 1.165) is 16.6 Å². The van der Waals surface area contributed by atoms with Gasteiger partial charge in [-0.25, -0.2) is 9.97 Å². The summed E-state index contributed by atoms with van der Waals surface area (Å²) in [5.41, 5.74) is 3.57. The first-order valence-electron chi connectivity index (χ1n) is 7.72. The van der Waals surface area contributed by atoms with Crippen molar-refractivity contribution in [1.82, 2.24) is 14.5 Å². The molecular formula is C18H17ClN4O2. The van der Waals surface area contributed by atoms with Crippen molar-refractivity contribution in [2.75, 3.05) is 7.11 Å². The molecule has 1 atom stereocenters. The molecule has 1 aromatic carbocycles. The van der Waals surface area contributed by atoms with Gasteiger partial charge >= 0.3 is 0 Å². The molecular weight excluding hydrogens is 340 g/mol. The van der Waals surface area contributed by atoms with Crippen LogP contribution in [-0.4, -0.2) is 26.8 Å². The van der Waals surface area contributed by atoms with Gasteiger partial charge in [-0.1, -0.05) is 11.6 Å². The van der Waals surface area contributed by atoms with Crippen LogP contribution in [0.5, 0.6) is 0 Å². The van der Waals surface area contributed by atoms with Crippen molar-refractivity contribution in [2.24, 2.45) is 7.05 Å². The molecule has 2 aromatic heterocycles. The van der Waals surface area contributed by atoms with E-state index >= 15 is 0 Å². The Morgan fingerprint density at radius 1 is 1.40 bits per heavy atom. The molecule has 0 bridgehead atoms. The van der Waals surface area contributed by atoms with Gasteiger partial charge in [0, 0.05) is 36.6 Å². The van der Waals surface area contributed by atoms with Crippen LogP contribution in [0.4, 0.5) is 0 Å². The van der Waals surface area contributed by atoms with Crippen molar-refractivity contribution < 1.29 is 9.84 Å². The summed E-state index contributed by atoms with van der Waals surface area (Å²) in [6.07, 6.45) is 3.21. The summed E-state index contributed by atoms with van der Waals surface area (Å²) in [5, 5.41) is 20.4. The number of aliphatic hydroxyl groups is 1. The zero-order valence-electron chi connectivity index (χ0n) is 13.9. The third-order valence-electron chi connectivity index (χ3n) is 4.08. The highest BCUT2D eigenvalue weighted by Crippen LogP contribution is 2.32. The van der Waals surface area contributed by atoms with E-state index < -0.39 is 6.29 Å². The van der Waals surface area contributed by atoms with E-state index in [9.17, 15) is 5.11 Å². The number of hydrogen-bond acceptors (Lipinski definition) is 5. The molecule has 1 N–H and O–H groups in total. The molecule has 0 saturated heterocycles. The van der Waals surface area contributed by atoms with Crippen molar-refractivity contribution in [3.8, 4) is 17.5 Å². The maximum Gasteiger partial charge on any atom is 0.181 e. The molecule has 0 fully saturated rings. The fourth-order valence-electron chi connectivity index (χ4n) is 2.77. The van der Waals surface area contributed by atoms with Crippen LogP contribution >= 0.6 is 11.6 Å². The molecule has 0 aliphatic rings. The number of pyridine rings is 1. The highest BCUT2D eigenvalue weighted by molar-refractivity contribution is 6.32. The van der Waals surface area contributed by atoms with Crippen LogP contribution in [0, 0.1) is 11.3 Å². The molecule has 128 valence electrons. The lowest BCUT2D eigenvalue weighted by Gasteiger charge is -2.15. The Balaban J connectivity index is 2.24. The minimum absolute atomic E-state index is 0.369. The van der Waals surface area contributed by atoms with E-state index in [1.807, 2.05) is 17.7 Å². The Morgan fingerprint density at radius 3 is 2.84 bits per heavy atom. The molecule has 0 saturated carbocycles. The molecule has 0 radical (unpaired) electrons. The predicted octanol–water partition coefficient (Wildman–Crippen LogP) is 3.38. The molecule has 0 amide bonds. The van der Waals surface area contributed by atoms with E-state index in [4.69, 9.17) is 21.6 Å². The number of nitriles is 1. The second-order valence-corrected chi connectivity index (χ2v) is 6.10. The van der Waals surface area contributed by atoms with Gasteiger partial charge in [-0.15, -0.1) is 0 Å². The summed E-state index contributed by atoms with van der Waals surface area (Å²) in [7, 11) is 3.31. The van der Waals surface area contributed by atoms with Crippen molar-refractivity contribution in [2.45, 2.75) is 19.1 Å². The molecule has 6 nitrogen and oxygen atoms in total. The fraction of sp³-hybridized carbons (Fsp3) is 0.278. The van der Waals surface area contributed by atoms with Crippen LogP contribution in [-0.2, 0) is 18.2 Å². The first kappa shape index (κ1) is 17.4. The monoisotopic (exact) mass is 356 g/mol. The van der Waals surface area contributed by atoms with Gasteiger partial charge in [0.25, 0.3) is 0 Å². The molecule has 0 aliphatic heterocycles. The summed E-state index contributed by atoms with van der Waals surface area (Å²) >= 11 is 6.35. The van der Waals surface area contributed by atoms with E-state index in [-0.39, 0.29) is 0 Å². The quantitative estimate of drug-likeness (QED) is 0.708. The van der Waals surface area contributed by atoms with Crippen molar-refractivity contribution in [3.05, 3.63) is 46.9 Å². The van der Waals surface area contributed by atoms with Gasteiger partial charge in [0.05, 0.1) is 35.5 Å². The Kier molecular flexibility index (Phi) is 5.00. The third kappa shape index (κ3) is 3.35. The van der Waals surface area contributed by atoms with Crippen LogP contribution in [0.3, 0.4) is 0 Å². The third-order valence-corrected chi connectivity index (χ3v) is 4.44. The van der Waals surface area contributed by atoms with Gasteiger partial charge in [-0.3, -0.25) is 0 Å². The number of halogens is 1. The second kappa shape index (κ2) is 7.19. The zero-order chi connectivity index (χ0) is 18.0. The molecule has 7 heteroatoms. The van der Waals surface area contributed by atoms with Gasteiger partial charge in [-0.05, 0) is 30.2 Å². The maximum absolute atomic E-state index is 10.3. The smallest absolute Gasteiger partial charge is 0.181 e. The van der Waals surface area contributed by atoms with Crippen LogP contribution in [0.1, 0.15) is 23.8 Å². The van der Waals surface area contributed by atoms with Crippen molar-refractivity contribution in [1.29, 1.82) is 5.26 Å². The van der Waals surface area contributed by atoms with Gasteiger partial charge < -0.3 is 14.4 Å². The molecule has 0 aliphatic carbocycles. The molecule has 2 heterocycles. The van der Waals surface area contributed by atoms with Crippen molar-refractivity contribution >= 4 is 22.5 Å². The number of aliphatic hydroxyl groups excluding tert-OH is 1. The minimum Gasteiger partial charge on any atom is -0.364 e. The predicted molar refractivity (Wildman–Crippen MR) is 94.9 cm³/mol. The zero-order valence-corrected chi connectivity index (χ0v) is 14.7. The highest BCUT2D eigenvalue weighted by Gasteiger charge is 2.17. The number of benzene rings is 1. The Hall–Kier alpha value is -2.46. The van der Waals surface area contributed by atoms with E-state index in [1.54, 1.807) is 24.7 Å².